The normalized spacial score (nSPS) is 10.0. The Balaban J connectivity index is 1.95. The van der Waals surface area contributed by atoms with Gasteiger partial charge in [-0.3, -0.25) is 0 Å². The van der Waals surface area contributed by atoms with Crippen LogP contribution in [-0.4, -0.2) is 7.11 Å². The summed E-state index contributed by atoms with van der Waals surface area (Å²) in [4.78, 5) is 0. The fourth-order valence-corrected chi connectivity index (χ4v) is 1.78. The average molecular weight is 292 g/mol. The van der Waals surface area contributed by atoms with Crippen LogP contribution in [0.15, 0.2) is 53.0 Å². The van der Waals surface area contributed by atoms with Gasteiger partial charge in [-0.05, 0) is 42.0 Å². The van der Waals surface area contributed by atoms with Gasteiger partial charge in [-0.1, -0.05) is 28.1 Å². The summed E-state index contributed by atoms with van der Waals surface area (Å²) in [6.07, 6.45) is 0. The molecule has 0 saturated carbocycles. The third kappa shape index (κ3) is 3.49. The van der Waals surface area contributed by atoms with Crippen LogP contribution in [0, 0.1) is 0 Å². The van der Waals surface area contributed by atoms with Crippen molar-refractivity contribution in [2.24, 2.45) is 0 Å². The minimum atomic E-state index is 0.811. The molecule has 88 valence electrons. The Morgan fingerprint density at radius 3 is 2.24 bits per heavy atom. The Morgan fingerprint density at radius 1 is 1.00 bits per heavy atom. The van der Waals surface area contributed by atoms with E-state index in [2.05, 4.69) is 33.4 Å². The predicted molar refractivity (Wildman–Crippen MR) is 74.5 cm³/mol. The van der Waals surface area contributed by atoms with Crippen molar-refractivity contribution in [2.75, 3.05) is 12.4 Å². The van der Waals surface area contributed by atoms with E-state index in [0.717, 1.165) is 22.5 Å². The van der Waals surface area contributed by atoms with Gasteiger partial charge in [0.25, 0.3) is 0 Å². The number of hydrogen-bond donors (Lipinski definition) is 1. The van der Waals surface area contributed by atoms with Gasteiger partial charge in [0.15, 0.2) is 0 Å². The third-order valence-corrected chi connectivity index (χ3v) is 3.03. The van der Waals surface area contributed by atoms with Crippen molar-refractivity contribution >= 4 is 21.6 Å². The van der Waals surface area contributed by atoms with E-state index in [1.165, 1.54) is 5.56 Å². The third-order valence-electron chi connectivity index (χ3n) is 2.50. The van der Waals surface area contributed by atoms with Crippen LogP contribution in [0.5, 0.6) is 5.75 Å². The van der Waals surface area contributed by atoms with Crippen LogP contribution in [0.3, 0.4) is 0 Å². The molecule has 0 saturated heterocycles. The minimum absolute atomic E-state index is 0.811. The van der Waals surface area contributed by atoms with E-state index >= 15 is 0 Å². The molecular weight excluding hydrogens is 278 g/mol. The maximum absolute atomic E-state index is 5.12. The Kier molecular flexibility index (Phi) is 4.04. The number of hydrogen-bond acceptors (Lipinski definition) is 2. The molecule has 0 amide bonds. The van der Waals surface area contributed by atoms with Gasteiger partial charge in [-0.15, -0.1) is 0 Å². The second-order valence-corrected chi connectivity index (χ2v) is 4.62. The first-order valence-electron chi connectivity index (χ1n) is 5.40. The molecule has 0 unspecified atom stereocenters. The van der Waals surface area contributed by atoms with Crippen LogP contribution >= 0.6 is 15.9 Å². The van der Waals surface area contributed by atoms with Crippen LogP contribution < -0.4 is 10.1 Å². The zero-order chi connectivity index (χ0) is 12.1. The van der Waals surface area contributed by atoms with E-state index in [1.54, 1.807) is 7.11 Å². The first-order chi connectivity index (χ1) is 8.28. The zero-order valence-electron chi connectivity index (χ0n) is 9.61. The molecule has 2 rings (SSSR count). The number of rotatable bonds is 4. The molecule has 0 aliphatic carbocycles. The van der Waals surface area contributed by atoms with Crippen molar-refractivity contribution < 1.29 is 4.74 Å². The first-order valence-corrected chi connectivity index (χ1v) is 6.19. The van der Waals surface area contributed by atoms with Gasteiger partial charge in [0.05, 0.1) is 7.11 Å². The molecule has 0 aromatic heterocycles. The molecule has 0 fully saturated rings. The van der Waals surface area contributed by atoms with Gasteiger partial charge in [0, 0.05) is 16.7 Å². The van der Waals surface area contributed by atoms with Gasteiger partial charge in [0.1, 0.15) is 5.75 Å². The van der Waals surface area contributed by atoms with Crippen LogP contribution in [0.1, 0.15) is 5.56 Å². The monoisotopic (exact) mass is 291 g/mol. The molecule has 2 aromatic carbocycles. The zero-order valence-corrected chi connectivity index (χ0v) is 11.2. The molecule has 3 heteroatoms. The molecule has 0 atom stereocenters. The highest BCUT2D eigenvalue weighted by atomic mass is 79.9. The maximum atomic E-state index is 5.12. The lowest BCUT2D eigenvalue weighted by Crippen LogP contribution is -1.98. The Morgan fingerprint density at radius 2 is 1.65 bits per heavy atom. The number of ether oxygens (including phenoxy) is 1. The van der Waals surface area contributed by atoms with E-state index in [-0.39, 0.29) is 0 Å². The van der Waals surface area contributed by atoms with Crippen molar-refractivity contribution in [1.29, 1.82) is 0 Å². The molecule has 2 nitrogen and oxygen atoms in total. The molecule has 2 aromatic rings. The van der Waals surface area contributed by atoms with Gasteiger partial charge < -0.3 is 10.1 Å². The quantitative estimate of drug-likeness (QED) is 0.917. The van der Waals surface area contributed by atoms with Gasteiger partial charge in [0.2, 0.25) is 0 Å². The summed E-state index contributed by atoms with van der Waals surface area (Å²) < 4.78 is 6.21. The maximum Gasteiger partial charge on any atom is 0.118 e. The number of halogens is 1. The number of methoxy groups -OCH3 is 1. The lowest BCUT2D eigenvalue weighted by atomic mass is 10.2. The summed E-state index contributed by atoms with van der Waals surface area (Å²) in [6, 6.07) is 16.2. The van der Waals surface area contributed by atoms with Crippen molar-refractivity contribution in [3.63, 3.8) is 0 Å². The van der Waals surface area contributed by atoms with Gasteiger partial charge in [-0.2, -0.15) is 0 Å². The Labute approximate surface area is 110 Å². The second kappa shape index (κ2) is 5.73. The smallest absolute Gasteiger partial charge is 0.118 e. The molecule has 0 aliphatic heterocycles. The van der Waals surface area contributed by atoms with Gasteiger partial charge >= 0.3 is 0 Å². The summed E-state index contributed by atoms with van der Waals surface area (Å²) >= 11 is 3.42. The molecule has 0 bridgehead atoms. The lowest BCUT2D eigenvalue weighted by molar-refractivity contribution is 0.414. The standard InChI is InChI=1S/C14H14BrNO/c1-17-14-8-2-11(3-9-14)10-16-13-6-4-12(15)5-7-13/h2-9,16H,10H2,1H3. The highest BCUT2D eigenvalue weighted by Crippen LogP contribution is 2.16. The molecule has 1 N–H and O–H groups in total. The van der Waals surface area contributed by atoms with Crippen molar-refractivity contribution in [1.82, 2.24) is 0 Å². The second-order valence-electron chi connectivity index (χ2n) is 3.71. The minimum Gasteiger partial charge on any atom is -0.497 e. The van der Waals surface area contributed by atoms with Crippen LogP contribution in [0.25, 0.3) is 0 Å². The van der Waals surface area contributed by atoms with Crippen LogP contribution in [0.2, 0.25) is 0 Å². The Hall–Kier alpha value is -1.48. The van der Waals surface area contributed by atoms with Gasteiger partial charge in [-0.25, -0.2) is 0 Å². The van der Waals surface area contributed by atoms with E-state index < -0.39 is 0 Å². The Bertz CT molecular complexity index is 465. The van der Waals surface area contributed by atoms with Crippen molar-refractivity contribution in [3.8, 4) is 5.75 Å². The van der Waals surface area contributed by atoms with E-state index in [0.29, 0.717) is 0 Å². The van der Waals surface area contributed by atoms with E-state index in [1.807, 2.05) is 36.4 Å². The summed E-state index contributed by atoms with van der Waals surface area (Å²) in [5.74, 6) is 0.886. The lowest BCUT2D eigenvalue weighted by Gasteiger charge is -2.07. The topological polar surface area (TPSA) is 21.3 Å². The molecule has 17 heavy (non-hydrogen) atoms. The van der Waals surface area contributed by atoms with E-state index in [9.17, 15) is 0 Å². The van der Waals surface area contributed by atoms with Crippen LogP contribution in [-0.2, 0) is 6.54 Å². The highest BCUT2D eigenvalue weighted by Gasteiger charge is 1.95. The number of anilines is 1. The molecule has 0 spiro atoms. The number of nitrogens with one attached hydrogen (secondary N) is 1. The summed E-state index contributed by atoms with van der Waals surface area (Å²) in [6.45, 7) is 0.811. The molecule has 0 aliphatic rings. The highest BCUT2D eigenvalue weighted by molar-refractivity contribution is 9.10. The predicted octanol–water partition coefficient (Wildman–Crippen LogP) is 4.07. The van der Waals surface area contributed by atoms with Crippen LogP contribution in [0.4, 0.5) is 5.69 Å². The van der Waals surface area contributed by atoms with Crippen molar-refractivity contribution in [2.45, 2.75) is 6.54 Å². The average Bonchev–Trinajstić information content (AvgIpc) is 2.39. The van der Waals surface area contributed by atoms with Crippen molar-refractivity contribution in [3.05, 3.63) is 58.6 Å². The fraction of sp³-hybridized carbons (Fsp3) is 0.143. The summed E-state index contributed by atoms with van der Waals surface area (Å²) in [7, 11) is 1.68. The largest absolute Gasteiger partial charge is 0.497 e. The molecule has 0 radical (unpaired) electrons. The summed E-state index contributed by atoms with van der Waals surface area (Å²) in [5, 5.41) is 3.36. The summed E-state index contributed by atoms with van der Waals surface area (Å²) in [5.41, 5.74) is 2.35. The first kappa shape index (κ1) is 12.0. The molecular formula is C14H14BrNO. The molecule has 0 heterocycles. The SMILES string of the molecule is COc1ccc(CNc2ccc(Br)cc2)cc1. The van der Waals surface area contributed by atoms with E-state index in [4.69, 9.17) is 4.74 Å². The number of benzene rings is 2. The fourth-order valence-electron chi connectivity index (χ4n) is 1.52.